The van der Waals surface area contributed by atoms with Gasteiger partial charge in [-0.15, -0.1) is 0 Å². The average molecular weight is 376 g/mol. The van der Waals surface area contributed by atoms with E-state index >= 15 is 0 Å². The van der Waals surface area contributed by atoms with Gasteiger partial charge < -0.3 is 27.9 Å². The first kappa shape index (κ1) is 28.1. The minimum absolute atomic E-state index is 0.454. The second kappa shape index (κ2) is 24.9. The molecule has 0 atom stereocenters. The van der Waals surface area contributed by atoms with Crippen LogP contribution in [0.2, 0.25) is 0 Å². The Morgan fingerprint density at radius 1 is 0.423 bits per heavy atom. The monoisotopic (exact) mass is 376 g/mol. The maximum atomic E-state index is 5.53. The van der Waals surface area contributed by atoms with Crippen molar-refractivity contribution in [1.29, 1.82) is 0 Å². The van der Waals surface area contributed by atoms with Crippen molar-refractivity contribution in [3.8, 4) is 0 Å². The minimum atomic E-state index is -0.472. The average Bonchev–Trinajstić information content (AvgIpc) is 2.63. The molecule has 26 heavy (non-hydrogen) atoms. The molecule has 0 amide bonds. The molecule has 0 aliphatic heterocycles. The third-order valence-corrected chi connectivity index (χ3v) is 3.16. The van der Waals surface area contributed by atoms with Crippen LogP contribution >= 0.6 is 0 Å². The molecule has 0 N–H and O–H groups in total. The van der Waals surface area contributed by atoms with Gasteiger partial charge in [0.1, 0.15) is 0 Å². The molecule has 8 heteroatoms. The Labute approximate surface area is 162 Å². The summed E-state index contributed by atoms with van der Waals surface area (Å²) in [5.74, 6) is 0. The molecule has 0 aromatic rings. The van der Waals surface area contributed by atoms with Gasteiger partial charge in [0.2, 0.25) is 0 Å². The normalized spacial score (nSPS) is 10.4. The molecule has 0 rings (SSSR count). The van der Waals surface area contributed by atoms with Crippen molar-refractivity contribution < 1.29 is 27.9 Å². The van der Waals surface area contributed by atoms with Gasteiger partial charge in [-0.25, -0.2) is 0 Å². The molecule has 0 bridgehead atoms. The zero-order valence-electron chi connectivity index (χ0n) is 18.1. The maximum Gasteiger partial charge on any atom is 0.639 e. The maximum absolute atomic E-state index is 5.53. The molecule has 0 heterocycles. The van der Waals surface area contributed by atoms with Crippen molar-refractivity contribution in [3.63, 3.8) is 0 Å². The zero-order chi connectivity index (χ0) is 19.9. The van der Waals surface area contributed by atoms with Crippen LogP contribution in [0.1, 0.15) is 80.1 Å². The van der Waals surface area contributed by atoms with Crippen molar-refractivity contribution in [2.24, 2.45) is 0 Å². The number of hydrogen-bond donors (Lipinski definition) is 0. The molecule has 0 spiro atoms. The summed E-state index contributed by atoms with van der Waals surface area (Å²) in [4.78, 5) is 0. The van der Waals surface area contributed by atoms with E-state index in [0.717, 1.165) is 58.3 Å². The Morgan fingerprint density at radius 2 is 0.692 bits per heavy atom. The lowest BCUT2D eigenvalue weighted by Crippen LogP contribution is -2.28. The second-order valence-electron chi connectivity index (χ2n) is 5.62. The molecule has 0 saturated heterocycles. The second-order valence-corrected chi connectivity index (χ2v) is 5.62. The fraction of sp³-hybridized carbons (Fsp3) is 1.00. The number of unbranched alkanes of at least 4 members (excludes halogenated alkanes) is 3. The Hall–Kier alpha value is -0.110. The summed E-state index contributed by atoms with van der Waals surface area (Å²) in [6, 6.07) is 0. The van der Waals surface area contributed by atoms with Crippen LogP contribution in [0.5, 0.6) is 0 Å². The molecule has 0 unspecified atom stereocenters. The number of rotatable bonds is 18. The van der Waals surface area contributed by atoms with Crippen molar-refractivity contribution in [2.75, 3.05) is 39.6 Å². The molecular formula is C18H42B2O6. The van der Waals surface area contributed by atoms with Gasteiger partial charge >= 0.3 is 14.6 Å². The third-order valence-electron chi connectivity index (χ3n) is 3.16. The molecule has 0 aliphatic carbocycles. The minimum Gasteiger partial charge on any atom is -0.386 e. The van der Waals surface area contributed by atoms with Crippen LogP contribution in [0.15, 0.2) is 0 Å². The lowest BCUT2D eigenvalue weighted by atomic mass is 10.2. The van der Waals surface area contributed by atoms with E-state index in [9.17, 15) is 0 Å². The summed E-state index contributed by atoms with van der Waals surface area (Å²) in [5, 5.41) is 0. The Bertz CT molecular complexity index is 212. The van der Waals surface area contributed by atoms with Crippen molar-refractivity contribution in [2.45, 2.75) is 80.1 Å². The van der Waals surface area contributed by atoms with E-state index < -0.39 is 14.6 Å². The third kappa shape index (κ3) is 21.9. The van der Waals surface area contributed by atoms with E-state index in [0.29, 0.717) is 19.8 Å². The summed E-state index contributed by atoms with van der Waals surface area (Å²) in [7, 11) is -0.926. The number of hydrogen-bond acceptors (Lipinski definition) is 6. The Kier molecular flexibility index (Phi) is 26.9. The lowest BCUT2D eigenvalue weighted by molar-refractivity contribution is 0.0898. The van der Waals surface area contributed by atoms with E-state index in [1.54, 1.807) is 0 Å². The van der Waals surface area contributed by atoms with E-state index in [-0.39, 0.29) is 0 Å². The molecule has 0 aromatic heterocycles. The topological polar surface area (TPSA) is 55.4 Å². The van der Waals surface area contributed by atoms with Gasteiger partial charge in [-0.2, -0.15) is 0 Å². The van der Waals surface area contributed by atoms with Crippen LogP contribution in [-0.4, -0.2) is 54.3 Å². The van der Waals surface area contributed by atoms with Crippen molar-refractivity contribution in [3.05, 3.63) is 0 Å². The molecule has 6 nitrogen and oxygen atoms in total. The Balaban J connectivity index is 0. The lowest BCUT2D eigenvalue weighted by Gasteiger charge is -2.14. The quantitative estimate of drug-likeness (QED) is 0.259. The van der Waals surface area contributed by atoms with E-state index in [1.807, 2.05) is 20.8 Å². The van der Waals surface area contributed by atoms with Crippen molar-refractivity contribution >= 4 is 14.6 Å². The van der Waals surface area contributed by atoms with Gasteiger partial charge in [-0.1, -0.05) is 40.0 Å². The fourth-order valence-corrected chi connectivity index (χ4v) is 1.67. The summed E-state index contributed by atoms with van der Waals surface area (Å²) in [6.45, 7) is 16.2. The van der Waals surface area contributed by atoms with Crippen LogP contribution in [-0.2, 0) is 27.9 Å². The van der Waals surface area contributed by atoms with Gasteiger partial charge in [0.15, 0.2) is 0 Å². The van der Waals surface area contributed by atoms with Gasteiger partial charge in [-0.3, -0.25) is 0 Å². The van der Waals surface area contributed by atoms with Crippen LogP contribution in [0.3, 0.4) is 0 Å². The standard InChI is InChI=1S/C12H27BO3.C6H15BO3/c1-4-7-10-14-13(15-11-8-5-2)16-12-9-6-3;1-4-8-7(9-5-2)10-6-3/h4-12H2,1-3H3;4-6H2,1-3H3. The summed E-state index contributed by atoms with van der Waals surface area (Å²) in [5.41, 5.74) is 0. The van der Waals surface area contributed by atoms with E-state index in [1.165, 1.54) is 0 Å². The largest absolute Gasteiger partial charge is 0.639 e. The predicted molar refractivity (Wildman–Crippen MR) is 109 cm³/mol. The highest BCUT2D eigenvalue weighted by Crippen LogP contribution is 2.00. The smallest absolute Gasteiger partial charge is 0.386 e. The SMILES string of the molecule is CCCCOB(OCCCC)OCCCC.CCOB(OCC)OCC. The molecule has 0 aromatic carbocycles. The zero-order valence-corrected chi connectivity index (χ0v) is 18.1. The molecule has 0 saturated carbocycles. The fourth-order valence-electron chi connectivity index (χ4n) is 1.67. The van der Waals surface area contributed by atoms with Gasteiger partial charge in [0.05, 0.1) is 0 Å². The molecule has 0 fully saturated rings. The highest BCUT2D eigenvalue weighted by Gasteiger charge is 2.20. The molecular weight excluding hydrogens is 334 g/mol. The molecule has 156 valence electrons. The van der Waals surface area contributed by atoms with Crippen LogP contribution in [0.25, 0.3) is 0 Å². The first-order valence-electron chi connectivity index (χ1n) is 10.4. The summed E-state index contributed by atoms with van der Waals surface area (Å²) < 4.78 is 31.8. The first-order valence-corrected chi connectivity index (χ1v) is 10.4. The van der Waals surface area contributed by atoms with Gasteiger partial charge in [0, 0.05) is 39.6 Å². The van der Waals surface area contributed by atoms with Crippen molar-refractivity contribution in [1.82, 2.24) is 0 Å². The Morgan fingerprint density at radius 3 is 0.923 bits per heavy atom. The highest BCUT2D eigenvalue weighted by molar-refractivity contribution is 6.36. The molecule has 0 aliphatic rings. The summed E-state index contributed by atoms with van der Waals surface area (Å²) in [6.07, 6.45) is 6.59. The van der Waals surface area contributed by atoms with Crippen LogP contribution in [0, 0.1) is 0 Å². The molecule has 0 radical (unpaired) electrons. The highest BCUT2D eigenvalue weighted by atomic mass is 16.7. The van der Waals surface area contributed by atoms with Crippen LogP contribution in [0.4, 0.5) is 0 Å². The van der Waals surface area contributed by atoms with Crippen LogP contribution < -0.4 is 0 Å². The van der Waals surface area contributed by atoms with Gasteiger partial charge in [0.25, 0.3) is 0 Å². The summed E-state index contributed by atoms with van der Waals surface area (Å²) >= 11 is 0. The first-order chi connectivity index (χ1) is 12.7. The van der Waals surface area contributed by atoms with E-state index in [4.69, 9.17) is 27.9 Å². The van der Waals surface area contributed by atoms with E-state index in [2.05, 4.69) is 20.8 Å². The predicted octanol–water partition coefficient (Wildman–Crippen LogP) is 4.50. The van der Waals surface area contributed by atoms with Gasteiger partial charge in [-0.05, 0) is 40.0 Å².